The van der Waals surface area contributed by atoms with Crippen LogP contribution in [0.25, 0.3) is 0 Å². The summed E-state index contributed by atoms with van der Waals surface area (Å²) >= 11 is 0. The lowest BCUT2D eigenvalue weighted by Gasteiger charge is -2.34. The number of ether oxygens (including phenoxy) is 1. The van der Waals surface area contributed by atoms with E-state index in [1.165, 1.54) is 19.2 Å². The minimum absolute atomic E-state index is 0.0187. The van der Waals surface area contributed by atoms with E-state index in [1.807, 2.05) is 0 Å². The molecule has 7 heteroatoms. The van der Waals surface area contributed by atoms with Crippen LogP contribution in [0.15, 0.2) is 40.5 Å². The van der Waals surface area contributed by atoms with Gasteiger partial charge in [-0.15, -0.1) is 0 Å². The lowest BCUT2D eigenvalue weighted by molar-refractivity contribution is -0.384. The molecule has 0 aromatic heterocycles. The van der Waals surface area contributed by atoms with Gasteiger partial charge in [-0.05, 0) is 25.3 Å². The molecule has 1 aliphatic heterocycles. The maximum absolute atomic E-state index is 12.6. The fourth-order valence-electron chi connectivity index (χ4n) is 3.60. The van der Waals surface area contributed by atoms with Gasteiger partial charge in [0.2, 0.25) is 0 Å². The number of non-ortho nitro benzene ring substituents is 1. The highest BCUT2D eigenvalue weighted by atomic mass is 16.6. The summed E-state index contributed by atoms with van der Waals surface area (Å²) in [7, 11) is 1.30. The van der Waals surface area contributed by atoms with Gasteiger partial charge in [0, 0.05) is 41.5 Å². The molecule has 1 aromatic carbocycles. The second-order valence-electron chi connectivity index (χ2n) is 6.22. The van der Waals surface area contributed by atoms with E-state index in [2.05, 4.69) is 4.99 Å². The summed E-state index contributed by atoms with van der Waals surface area (Å²) in [6.45, 7) is 1.75. The van der Waals surface area contributed by atoms with Gasteiger partial charge in [0.15, 0.2) is 5.78 Å². The van der Waals surface area contributed by atoms with Crippen LogP contribution in [-0.4, -0.2) is 29.5 Å². The number of aliphatic imine (C=N–C) groups is 1. The quantitative estimate of drug-likeness (QED) is 0.478. The van der Waals surface area contributed by atoms with Gasteiger partial charge in [-0.3, -0.25) is 24.7 Å². The van der Waals surface area contributed by atoms with Gasteiger partial charge in [-0.1, -0.05) is 12.1 Å². The Hall–Kier alpha value is -2.83. The topological polar surface area (TPSA) is 98.9 Å². The number of allylic oxidation sites excluding steroid dienone is 2. The standard InChI is InChI=1S/C18H18N2O5/c1-10-15(18(22)25-2)16(11-6-8-12(9-7-11)20(23)24)17-13(19-10)4-3-5-14(17)21/h6-9,15-16H,3-5H2,1-2H3/t15?,16-/m0/s1. The van der Waals surface area contributed by atoms with Gasteiger partial charge >= 0.3 is 5.97 Å². The number of nitro benzene ring substituents is 1. The summed E-state index contributed by atoms with van der Waals surface area (Å²) in [6.07, 6.45) is 1.85. The third-order valence-electron chi connectivity index (χ3n) is 4.75. The average Bonchev–Trinajstić information content (AvgIpc) is 2.60. The van der Waals surface area contributed by atoms with E-state index in [0.717, 1.165) is 12.1 Å². The first-order valence-electron chi connectivity index (χ1n) is 8.07. The average molecular weight is 342 g/mol. The Labute approximate surface area is 144 Å². The molecule has 0 fully saturated rings. The molecule has 1 aromatic rings. The number of carbonyl (C=O) groups excluding carboxylic acids is 2. The Kier molecular flexibility index (Phi) is 4.48. The molecular weight excluding hydrogens is 324 g/mol. The largest absolute Gasteiger partial charge is 0.468 e. The molecule has 0 saturated carbocycles. The van der Waals surface area contributed by atoms with Crippen LogP contribution in [-0.2, 0) is 14.3 Å². The summed E-state index contributed by atoms with van der Waals surface area (Å²) in [4.78, 5) is 39.8. The molecule has 3 rings (SSSR count). The number of Topliss-reactive ketones (excluding diaryl/α,β-unsaturated/α-hetero) is 1. The molecule has 0 spiro atoms. The molecule has 25 heavy (non-hydrogen) atoms. The van der Waals surface area contributed by atoms with Crippen LogP contribution >= 0.6 is 0 Å². The van der Waals surface area contributed by atoms with Crippen molar-refractivity contribution in [2.45, 2.75) is 32.1 Å². The Balaban J connectivity index is 2.14. The van der Waals surface area contributed by atoms with Crippen molar-refractivity contribution >= 4 is 23.2 Å². The number of ketones is 1. The van der Waals surface area contributed by atoms with E-state index in [-0.39, 0.29) is 11.5 Å². The fraction of sp³-hybridized carbons (Fsp3) is 0.389. The van der Waals surface area contributed by atoms with E-state index in [0.29, 0.717) is 29.7 Å². The van der Waals surface area contributed by atoms with E-state index in [1.54, 1.807) is 19.1 Å². The molecule has 2 atom stereocenters. The molecule has 0 bridgehead atoms. The van der Waals surface area contributed by atoms with Gasteiger partial charge in [0.1, 0.15) is 5.92 Å². The highest BCUT2D eigenvalue weighted by Gasteiger charge is 2.42. The Morgan fingerprint density at radius 2 is 1.96 bits per heavy atom. The third kappa shape index (κ3) is 2.97. The Bertz CT molecular complexity index is 807. The molecule has 130 valence electrons. The predicted molar refractivity (Wildman–Crippen MR) is 90.3 cm³/mol. The molecule has 0 N–H and O–H groups in total. The zero-order chi connectivity index (χ0) is 18.1. The number of rotatable bonds is 3. The molecule has 7 nitrogen and oxygen atoms in total. The van der Waals surface area contributed by atoms with Gasteiger partial charge < -0.3 is 4.74 Å². The van der Waals surface area contributed by atoms with Crippen LogP contribution < -0.4 is 0 Å². The van der Waals surface area contributed by atoms with Crippen molar-refractivity contribution in [2.24, 2.45) is 10.9 Å². The molecule has 0 saturated heterocycles. The first-order valence-corrected chi connectivity index (χ1v) is 8.07. The summed E-state index contributed by atoms with van der Waals surface area (Å²) in [5.41, 5.74) is 2.50. The summed E-state index contributed by atoms with van der Waals surface area (Å²) in [5.74, 6) is -1.70. The van der Waals surface area contributed by atoms with Crippen LogP contribution in [0.4, 0.5) is 5.69 Å². The van der Waals surface area contributed by atoms with Crippen molar-refractivity contribution in [1.29, 1.82) is 0 Å². The zero-order valence-electron chi connectivity index (χ0n) is 14.0. The third-order valence-corrected chi connectivity index (χ3v) is 4.75. The number of nitro groups is 1. The van der Waals surface area contributed by atoms with Crippen molar-refractivity contribution in [2.75, 3.05) is 7.11 Å². The minimum atomic E-state index is -0.702. The number of methoxy groups -OCH3 is 1. The fourth-order valence-corrected chi connectivity index (χ4v) is 3.60. The SMILES string of the molecule is COC(=O)C1C(C)=NC2=C(C(=O)CCC2)[C@H]1c1ccc([N+](=O)[O-])cc1. The van der Waals surface area contributed by atoms with Gasteiger partial charge in [-0.25, -0.2) is 0 Å². The van der Waals surface area contributed by atoms with Crippen LogP contribution in [0, 0.1) is 16.0 Å². The molecule has 2 aliphatic rings. The normalized spacial score (nSPS) is 23.0. The van der Waals surface area contributed by atoms with Crippen LogP contribution in [0.1, 0.15) is 37.7 Å². The van der Waals surface area contributed by atoms with E-state index in [9.17, 15) is 19.7 Å². The predicted octanol–water partition coefficient (Wildman–Crippen LogP) is 2.95. The van der Waals surface area contributed by atoms with Crippen molar-refractivity contribution in [3.8, 4) is 0 Å². The van der Waals surface area contributed by atoms with Crippen LogP contribution in [0.5, 0.6) is 0 Å². The van der Waals surface area contributed by atoms with Gasteiger partial charge in [0.05, 0.1) is 12.0 Å². The van der Waals surface area contributed by atoms with Gasteiger partial charge in [0.25, 0.3) is 5.69 Å². The van der Waals surface area contributed by atoms with Crippen molar-refractivity contribution in [1.82, 2.24) is 0 Å². The highest BCUT2D eigenvalue weighted by Crippen LogP contribution is 2.43. The summed E-state index contributed by atoms with van der Waals surface area (Å²) in [6, 6.07) is 5.98. The van der Waals surface area contributed by atoms with Crippen LogP contribution in [0.2, 0.25) is 0 Å². The minimum Gasteiger partial charge on any atom is -0.468 e. The maximum atomic E-state index is 12.6. The number of benzene rings is 1. The summed E-state index contributed by atoms with van der Waals surface area (Å²) in [5, 5.41) is 10.9. The number of carbonyl (C=O) groups is 2. The first kappa shape index (κ1) is 17.0. The molecule has 1 unspecified atom stereocenters. The maximum Gasteiger partial charge on any atom is 0.315 e. The van der Waals surface area contributed by atoms with Gasteiger partial charge in [-0.2, -0.15) is 0 Å². The highest BCUT2D eigenvalue weighted by molar-refractivity contribution is 6.08. The van der Waals surface area contributed by atoms with E-state index < -0.39 is 22.7 Å². The molecule has 1 heterocycles. The lowest BCUT2D eigenvalue weighted by Crippen LogP contribution is -2.36. The second-order valence-corrected chi connectivity index (χ2v) is 6.22. The van der Waals surface area contributed by atoms with Crippen LogP contribution in [0.3, 0.4) is 0 Å². The Morgan fingerprint density at radius 1 is 1.28 bits per heavy atom. The number of hydrogen-bond acceptors (Lipinski definition) is 6. The lowest BCUT2D eigenvalue weighted by atomic mass is 9.72. The van der Waals surface area contributed by atoms with Crippen molar-refractivity contribution in [3.05, 3.63) is 51.2 Å². The molecule has 0 radical (unpaired) electrons. The molecular formula is C18H18N2O5. The van der Waals surface area contributed by atoms with Crippen molar-refractivity contribution in [3.63, 3.8) is 0 Å². The van der Waals surface area contributed by atoms with E-state index >= 15 is 0 Å². The van der Waals surface area contributed by atoms with Crippen molar-refractivity contribution < 1.29 is 19.2 Å². The summed E-state index contributed by atoms with van der Waals surface area (Å²) < 4.78 is 4.93. The second kappa shape index (κ2) is 6.58. The zero-order valence-corrected chi connectivity index (χ0v) is 14.0. The molecule has 1 aliphatic carbocycles. The monoisotopic (exact) mass is 342 g/mol. The number of hydrogen-bond donors (Lipinski definition) is 0. The number of nitrogens with zero attached hydrogens (tertiary/aromatic N) is 2. The first-order chi connectivity index (χ1) is 11.9. The van der Waals surface area contributed by atoms with E-state index in [4.69, 9.17) is 4.74 Å². The molecule has 0 amide bonds. The number of esters is 1. The Morgan fingerprint density at radius 3 is 2.56 bits per heavy atom. The smallest absolute Gasteiger partial charge is 0.315 e.